The molecular weight excluding hydrogens is 434 g/mol. The highest BCUT2D eigenvalue weighted by molar-refractivity contribution is 5.22. The van der Waals surface area contributed by atoms with Gasteiger partial charge in [-0.1, -0.05) is 6.08 Å². The van der Waals surface area contributed by atoms with Gasteiger partial charge in [-0.05, 0) is 12.5 Å². The van der Waals surface area contributed by atoms with Crippen LogP contribution in [0.5, 0.6) is 0 Å². The quantitative estimate of drug-likeness (QED) is 0.165. The number of hydrogen-bond acceptors (Lipinski definition) is 13. The Morgan fingerprint density at radius 2 is 1.66 bits per heavy atom. The highest BCUT2D eigenvalue weighted by atomic mass is 16.7. The maximum Gasteiger partial charge on any atom is 0.187 e. The van der Waals surface area contributed by atoms with Crippen LogP contribution >= 0.6 is 0 Å². The van der Waals surface area contributed by atoms with Crippen LogP contribution < -0.4 is 5.32 Å². The maximum atomic E-state index is 10.7. The van der Waals surface area contributed by atoms with E-state index in [2.05, 4.69) is 5.32 Å². The third-order valence-corrected chi connectivity index (χ3v) is 6.28. The second-order valence-corrected chi connectivity index (χ2v) is 8.45. The molecule has 0 bridgehead atoms. The Balaban J connectivity index is 1.70. The van der Waals surface area contributed by atoms with Gasteiger partial charge in [0.1, 0.15) is 54.9 Å². The van der Waals surface area contributed by atoms with Crippen LogP contribution in [0, 0.1) is 0 Å². The molecule has 1 aliphatic carbocycles. The van der Waals surface area contributed by atoms with Gasteiger partial charge in [0.2, 0.25) is 0 Å². The zero-order valence-electron chi connectivity index (χ0n) is 17.5. The van der Waals surface area contributed by atoms with Crippen molar-refractivity contribution in [3.05, 3.63) is 11.6 Å². The van der Waals surface area contributed by atoms with Crippen molar-refractivity contribution in [3.8, 4) is 0 Å². The van der Waals surface area contributed by atoms with Crippen LogP contribution in [0.3, 0.4) is 0 Å². The van der Waals surface area contributed by atoms with E-state index in [1.807, 2.05) is 0 Å². The standard InChI is InChI=1S/C19H33NO12/c1-6-11(20-8-2-7(3-21)12(24)16(28)13(8)25)15(27)17(29)19(31-6)32-18-10(4-22)30-5-9(23)14(18)26/h2,6,8-29H,3-5H2,1H3/t6-,8+,9+,10-,11-,12-,13+,14-,15+,16+,17-,18-,19-/m1/s1. The Labute approximate surface area is 184 Å². The van der Waals surface area contributed by atoms with E-state index in [0.29, 0.717) is 0 Å². The summed E-state index contributed by atoms with van der Waals surface area (Å²) >= 11 is 0. The fourth-order valence-electron chi connectivity index (χ4n) is 4.27. The van der Waals surface area contributed by atoms with Crippen LogP contribution in [0.25, 0.3) is 0 Å². The molecule has 0 aromatic heterocycles. The summed E-state index contributed by atoms with van der Waals surface area (Å²) in [5.41, 5.74) is 0.0841. The van der Waals surface area contributed by atoms with Crippen LogP contribution in [0.15, 0.2) is 11.6 Å². The molecule has 0 aromatic carbocycles. The van der Waals surface area contributed by atoms with Gasteiger partial charge in [0.25, 0.3) is 0 Å². The number of aliphatic hydroxyl groups is 9. The molecule has 2 saturated heterocycles. The third-order valence-electron chi connectivity index (χ3n) is 6.28. The molecule has 13 atom stereocenters. The lowest BCUT2D eigenvalue weighted by Crippen LogP contribution is -2.67. The smallest absolute Gasteiger partial charge is 0.187 e. The molecule has 0 saturated carbocycles. The lowest BCUT2D eigenvalue weighted by molar-refractivity contribution is -0.320. The normalized spacial score (nSPS) is 50.2. The summed E-state index contributed by atoms with van der Waals surface area (Å²) in [4.78, 5) is 0. The average molecular weight is 467 g/mol. The van der Waals surface area contributed by atoms with Crippen molar-refractivity contribution in [2.75, 3.05) is 19.8 Å². The molecule has 186 valence electrons. The number of hydrogen-bond donors (Lipinski definition) is 10. The summed E-state index contributed by atoms with van der Waals surface area (Å²) < 4.78 is 16.5. The molecule has 0 unspecified atom stereocenters. The molecule has 0 spiro atoms. The van der Waals surface area contributed by atoms with Crippen LogP contribution in [0.4, 0.5) is 0 Å². The molecule has 0 amide bonds. The number of nitrogens with one attached hydrogen (secondary N) is 1. The molecule has 2 fully saturated rings. The number of rotatable bonds is 6. The van der Waals surface area contributed by atoms with Gasteiger partial charge >= 0.3 is 0 Å². The Morgan fingerprint density at radius 1 is 0.969 bits per heavy atom. The molecule has 0 aromatic rings. The van der Waals surface area contributed by atoms with Crippen LogP contribution in [0.2, 0.25) is 0 Å². The second kappa shape index (κ2) is 10.7. The summed E-state index contributed by atoms with van der Waals surface area (Å²) in [7, 11) is 0. The van der Waals surface area contributed by atoms with E-state index >= 15 is 0 Å². The SMILES string of the molecule is C[C@H]1O[C@H](O[C@H]2[C@H](O)[C@@H](O)CO[C@@H]2CO)[C@H](O)[C@@H](O)[C@@H]1N[C@H]1C=C(CO)[C@@H](O)[C@H](O)[C@H]1O. The van der Waals surface area contributed by atoms with Gasteiger partial charge in [-0.15, -0.1) is 0 Å². The summed E-state index contributed by atoms with van der Waals surface area (Å²) in [6, 6.07) is -1.94. The summed E-state index contributed by atoms with van der Waals surface area (Å²) in [6.07, 6.45) is -13.5. The first-order chi connectivity index (χ1) is 15.1. The lowest BCUT2D eigenvalue weighted by Gasteiger charge is -2.46. The molecule has 2 aliphatic heterocycles. The minimum absolute atomic E-state index is 0.0841. The Hall–Kier alpha value is -0.780. The van der Waals surface area contributed by atoms with Crippen molar-refractivity contribution in [2.24, 2.45) is 0 Å². The second-order valence-electron chi connectivity index (χ2n) is 8.45. The predicted molar refractivity (Wildman–Crippen MR) is 104 cm³/mol. The molecule has 13 nitrogen and oxygen atoms in total. The van der Waals surface area contributed by atoms with E-state index in [1.165, 1.54) is 6.08 Å². The predicted octanol–water partition coefficient (Wildman–Crippen LogP) is -5.71. The van der Waals surface area contributed by atoms with Crippen LogP contribution in [-0.2, 0) is 14.2 Å². The van der Waals surface area contributed by atoms with E-state index in [9.17, 15) is 46.0 Å². The van der Waals surface area contributed by atoms with Crippen molar-refractivity contribution in [3.63, 3.8) is 0 Å². The van der Waals surface area contributed by atoms with Gasteiger partial charge in [-0.25, -0.2) is 0 Å². The molecule has 3 aliphatic rings. The Kier molecular flexibility index (Phi) is 8.60. The van der Waals surface area contributed by atoms with Gasteiger partial charge in [0.05, 0.1) is 38.0 Å². The highest BCUT2D eigenvalue weighted by Crippen LogP contribution is 2.28. The van der Waals surface area contributed by atoms with Crippen molar-refractivity contribution < 1.29 is 60.2 Å². The fourth-order valence-corrected chi connectivity index (χ4v) is 4.27. The average Bonchev–Trinajstić information content (AvgIpc) is 2.77. The summed E-state index contributed by atoms with van der Waals surface area (Å²) in [6.45, 7) is 0.267. The van der Waals surface area contributed by atoms with E-state index in [1.54, 1.807) is 6.92 Å². The first-order valence-corrected chi connectivity index (χ1v) is 10.5. The number of ether oxygens (including phenoxy) is 3. The van der Waals surface area contributed by atoms with Gasteiger partial charge in [-0.3, -0.25) is 0 Å². The van der Waals surface area contributed by atoms with Crippen molar-refractivity contribution >= 4 is 0 Å². The summed E-state index contributed by atoms with van der Waals surface area (Å²) in [5.74, 6) is 0. The molecule has 13 heteroatoms. The monoisotopic (exact) mass is 467 g/mol. The Morgan fingerprint density at radius 3 is 2.28 bits per heavy atom. The van der Waals surface area contributed by atoms with E-state index in [-0.39, 0.29) is 12.2 Å². The van der Waals surface area contributed by atoms with Crippen molar-refractivity contribution in [1.29, 1.82) is 0 Å². The first-order valence-electron chi connectivity index (χ1n) is 10.5. The minimum Gasteiger partial charge on any atom is -0.394 e. The molecule has 10 N–H and O–H groups in total. The van der Waals surface area contributed by atoms with Crippen LogP contribution in [-0.4, -0.2) is 145 Å². The highest BCUT2D eigenvalue weighted by Gasteiger charge is 2.49. The zero-order valence-corrected chi connectivity index (χ0v) is 17.5. The molecule has 0 radical (unpaired) electrons. The van der Waals surface area contributed by atoms with E-state index < -0.39 is 92.6 Å². The Bertz CT molecular complexity index is 650. The van der Waals surface area contributed by atoms with Gasteiger partial charge < -0.3 is 65.5 Å². The van der Waals surface area contributed by atoms with Crippen molar-refractivity contribution in [2.45, 2.75) is 86.3 Å². The molecular formula is C19H33NO12. The van der Waals surface area contributed by atoms with Gasteiger partial charge in [0.15, 0.2) is 6.29 Å². The number of aliphatic hydroxyl groups excluding tert-OH is 9. The largest absolute Gasteiger partial charge is 0.394 e. The van der Waals surface area contributed by atoms with Crippen LogP contribution in [0.1, 0.15) is 6.92 Å². The third kappa shape index (κ3) is 5.00. The van der Waals surface area contributed by atoms with E-state index in [0.717, 1.165) is 0 Å². The van der Waals surface area contributed by atoms with Gasteiger partial charge in [-0.2, -0.15) is 0 Å². The van der Waals surface area contributed by atoms with Crippen molar-refractivity contribution in [1.82, 2.24) is 5.32 Å². The lowest BCUT2D eigenvalue weighted by atomic mass is 9.86. The first kappa shape index (κ1) is 25.8. The van der Waals surface area contributed by atoms with Gasteiger partial charge in [0, 0.05) is 0 Å². The zero-order chi connectivity index (χ0) is 23.7. The molecule has 3 rings (SSSR count). The topological polar surface area (TPSA) is 222 Å². The minimum atomic E-state index is -1.63. The van der Waals surface area contributed by atoms with E-state index in [4.69, 9.17) is 14.2 Å². The summed E-state index contributed by atoms with van der Waals surface area (Å²) in [5, 5.41) is 93.1. The molecule has 32 heavy (non-hydrogen) atoms. The fraction of sp³-hybridized carbons (Fsp3) is 0.895. The maximum absolute atomic E-state index is 10.7. The molecule has 2 heterocycles.